The molecule has 1 aromatic heterocycles. The number of benzene rings is 2. The van der Waals surface area contributed by atoms with Gasteiger partial charge in [0.2, 0.25) is 0 Å². The SMILES string of the molecule is Cc1cc(/C=C/C=C/C=C2/Sc3ccccc3N2C)nc(SCCCCCC(=O)ON2C(=O)CCC2=O)[n+]1-c1ccccc1. The van der Waals surface area contributed by atoms with Gasteiger partial charge in [-0.2, -0.15) is 4.57 Å². The van der Waals surface area contributed by atoms with E-state index in [0.717, 1.165) is 40.8 Å². The number of hydrogen-bond donors (Lipinski definition) is 0. The molecule has 226 valence electrons. The molecule has 0 spiro atoms. The summed E-state index contributed by atoms with van der Waals surface area (Å²) in [5.41, 5.74) is 4.23. The molecule has 44 heavy (non-hydrogen) atoms. The van der Waals surface area contributed by atoms with Crippen LogP contribution in [-0.2, 0) is 19.2 Å². The number of amides is 2. The van der Waals surface area contributed by atoms with Gasteiger partial charge in [-0.3, -0.25) is 9.59 Å². The second-order valence-electron chi connectivity index (χ2n) is 10.4. The Morgan fingerprint density at radius 3 is 2.52 bits per heavy atom. The van der Waals surface area contributed by atoms with Crippen molar-refractivity contribution in [3.05, 3.63) is 101 Å². The Bertz CT molecular complexity index is 1600. The van der Waals surface area contributed by atoms with Gasteiger partial charge >= 0.3 is 11.1 Å². The number of aryl methyl sites for hydroxylation is 1. The van der Waals surface area contributed by atoms with Crippen LogP contribution in [0.1, 0.15) is 49.9 Å². The summed E-state index contributed by atoms with van der Waals surface area (Å²) < 4.78 is 2.16. The number of unbranched alkanes of at least 4 members (excludes halogenated alkanes) is 2. The largest absolute Gasteiger partial charge is 0.365 e. The first kappa shape index (κ1) is 31.3. The van der Waals surface area contributed by atoms with Crippen molar-refractivity contribution in [1.29, 1.82) is 0 Å². The standard InChI is InChI=1S/C34H35N4O4S2/c1-25-24-26(14-6-3-9-19-32-36(2)28-17-11-12-18-29(28)44-32)35-34(37(25)27-15-7-4-8-16-27)43-23-13-5-10-20-33(41)42-38-30(39)21-22-31(38)40/h3-4,6-9,11-12,14-19,24H,5,10,13,20-23H2,1-2H3/q+1. The summed E-state index contributed by atoms with van der Waals surface area (Å²) in [4.78, 5) is 48.7. The molecule has 0 aliphatic carbocycles. The lowest BCUT2D eigenvalue weighted by Crippen LogP contribution is -2.38. The highest BCUT2D eigenvalue weighted by molar-refractivity contribution is 8.03. The molecule has 0 atom stereocenters. The number of thioether (sulfide) groups is 2. The topological polar surface area (TPSA) is 83.7 Å². The molecular formula is C34H35N4O4S2+. The van der Waals surface area contributed by atoms with Crippen LogP contribution in [-0.4, -0.2) is 40.6 Å². The van der Waals surface area contributed by atoms with Crippen molar-refractivity contribution in [3.8, 4) is 5.69 Å². The Morgan fingerprint density at radius 1 is 1.00 bits per heavy atom. The third-order valence-electron chi connectivity index (χ3n) is 7.09. The fourth-order valence-electron chi connectivity index (χ4n) is 4.83. The minimum atomic E-state index is -0.552. The molecule has 2 amide bonds. The van der Waals surface area contributed by atoms with Gasteiger partial charge in [-0.05, 0) is 72.9 Å². The Morgan fingerprint density at radius 2 is 1.75 bits per heavy atom. The van der Waals surface area contributed by atoms with E-state index in [4.69, 9.17) is 9.82 Å². The van der Waals surface area contributed by atoms with E-state index in [2.05, 4.69) is 72.0 Å². The number of imide groups is 1. The number of para-hydroxylation sites is 2. The van der Waals surface area contributed by atoms with E-state index in [1.165, 1.54) is 15.6 Å². The summed E-state index contributed by atoms with van der Waals surface area (Å²) in [6.07, 6.45) is 12.9. The molecule has 0 N–H and O–H groups in total. The van der Waals surface area contributed by atoms with Crippen LogP contribution < -0.4 is 9.47 Å². The van der Waals surface area contributed by atoms with Gasteiger partial charge in [0, 0.05) is 43.0 Å². The second-order valence-corrected chi connectivity index (χ2v) is 12.5. The molecule has 10 heteroatoms. The van der Waals surface area contributed by atoms with Crippen molar-refractivity contribution < 1.29 is 23.8 Å². The van der Waals surface area contributed by atoms with Crippen molar-refractivity contribution in [3.63, 3.8) is 0 Å². The molecule has 0 saturated carbocycles. The van der Waals surface area contributed by atoms with E-state index in [-0.39, 0.29) is 19.3 Å². The highest BCUT2D eigenvalue weighted by Crippen LogP contribution is 2.44. The number of fused-ring (bicyclic) bond motifs is 1. The van der Waals surface area contributed by atoms with Crippen LogP contribution in [0.5, 0.6) is 0 Å². The van der Waals surface area contributed by atoms with Crippen LogP contribution in [0.4, 0.5) is 5.69 Å². The zero-order valence-electron chi connectivity index (χ0n) is 24.8. The van der Waals surface area contributed by atoms with E-state index in [9.17, 15) is 14.4 Å². The average Bonchev–Trinajstić information content (AvgIpc) is 3.52. The molecule has 1 fully saturated rings. The quantitative estimate of drug-likeness (QED) is 0.0556. The van der Waals surface area contributed by atoms with Gasteiger partial charge in [0.05, 0.1) is 10.7 Å². The van der Waals surface area contributed by atoms with Crippen LogP contribution in [0.25, 0.3) is 11.8 Å². The smallest absolute Gasteiger partial charge is 0.338 e. The minimum absolute atomic E-state index is 0.0956. The lowest BCUT2D eigenvalue weighted by atomic mass is 10.2. The molecule has 0 bridgehead atoms. The predicted octanol–water partition coefficient (Wildman–Crippen LogP) is 6.58. The Hall–Kier alpha value is -4.15. The van der Waals surface area contributed by atoms with Crippen LogP contribution in [0.2, 0.25) is 0 Å². The number of aromatic nitrogens is 2. The molecule has 3 aromatic rings. The van der Waals surface area contributed by atoms with E-state index in [1.807, 2.05) is 42.5 Å². The molecule has 5 rings (SSSR count). The Kier molecular flexibility index (Phi) is 10.7. The Labute approximate surface area is 266 Å². The third-order valence-corrected chi connectivity index (χ3v) is 9.30. The molecule has 0 unspecified atom stereocenters. The van der Waals surface area contributed by atoms with Crippen molar-refractivity contribution in [1.82, 2.24) is 10.0 Å². The molecule has 1 saturated heterocycles. The fourth-order valence-corrected chi connectivity index (χ4v) is 6.98. The van der Waals surface area contributed by atoms with Gasteiger partial charge < -0.3 is 9.74 Å². The number of hydroxylamine groups is 2. The maximum absolute atomic E-state index is 12.1. The summed E-state index contributed by atoms with van der Waals surface area (Å²) in [7, 11) is 2.09. The van der Waals surface area contributed by atoms with Crippen molar-refractivity contribution in [2.24, 2.45) is 0 Å². The summed E-state index contributed by atoms with van der Waals surface area (Å²) >= 11 is 3.45. The van der Waals surface area contributed by atoms with Crippen molar-refractivity contribution in [2.45, 2.75) is 55.5 Å². The number of anilines is 1. The van der Waals surface area contributed by atoms with E-state index in [1.54, 1.807) is 23.5 Å². The van der Waals surface area contributed by atoms with Crippen LogP contribution in [0, 0.1) is 6.92 Å². The van der Waals surface area contributed by atoms with Gasteiger partial charge in [0.15, 0.2) is 5.69 Å². The van der Waals surface area contributed by atoms with Gasteiger partial charge in [-0.1, -0.05) is 66.7 Å². The molecule has 2 aliphatic heterocycles. The third kappa shape index (κ3) is 7.86. The first-order chi connectivity index (χ1) is 21.4. The molecule has 2 aromatic carbocycles. The van der Waals surface area contributed by atoms with Gasteiger partial charge in [-0.25, -0.2) is 4.79 Å². The number of nitrogens with zero attached hydrogens (tertiary/aromatic N) is 4. The van der Waals surface area contributed by atoms with Crippen LogP contribution >= 0.6 is 23.5 Å². The van der Waals surface area contributed by atoms with Gasteiger partial charge in [0.1, 0.15) is 11.4 Å². The first-order valence-electron chi connectivity index (χ1n) is 14.6. The molecule has 2 aliphatic rings. The summed E-state index contributed by atoms with van der Waals surface area (Å²) in [6, 6.07) is 20.7. The number of carbonyl (C=O) groups is 3. The molecule has 8 nitrogen and oxygen atoms in total. The second kappa shape index (κ2) is 15.0. The Balaban J connectivity index is 1.17. The molecule has 0 radical (unpaired) electrons. The van der Waals surface area contributed by atoms with Crippen LogP contribution in [0.15, 0.2) is 100 Å². The fraction of sp³-hybridized carbons (Fsp3) is 0.265. The van der Waals surface area contributed by atoms with Gasteiger partial charge in [-0.15, -0.1) is 5.06 Å². The van der Waals surface area contributed by atoms with Crippen molar-refractivity contribution in [2.75, 3.05) is 17.7 Å². The predicted molar refractivity (Wildman–Crippen MR) is 174 cm³/mol. The maximum atomic E-state index is 12.1. The van der Waals surface area contributed by atoms with Crippen LogP contribution in [0.3, 0.4) is 0 Å². The average molecular weight is 628 g/mol. The maximum Gasteiger partial charge on any atom is 0.365 e. The van der Waals surface area contributed by atoms with Gasteiger partial charge in [0.25, 0.3) is 11.8 Å². The summed E-state index contributed by atoms with van der Waals surface area (Å²) in [5, 5.41) is 2.69. The first-order valence-corrected chi connectivity index (χ1v) is 16.4. The zero-order valence-corrected chi connectivity index (χ0v) is 26.5. The number of rotatable bonds is 12. The number of allylic oxidation sites excluding steroid dienone is 4. The number of carbonyl (C=O) groups excluding carboxylic acids is 3. The zero-order chi connectivity index (χ0) is 30.9. The highest BCUT2D eigenvalue weighted by atomic mass is 32.2. The van der Waals surface area contributed by atoms with Crippen molar-refractivity contribution >= 4 is 53.1 Å². The van der Waals surface area contributed by atoms with E-state index in [0.29, 0.717) is 11.5 Å². The summed E-state index contributed by atoms with van der Waals surface area (Å²) in [6.45, 7) is 2.09. The lowest BCUT2D eigenvalue weighted by Gasteiger charge is -2.12. The highest BCUT2D eigenvalue weighted by Gasteiger charge is 2.32. The van der Waals surface area contributed by atoms with E-state index < -0.39 is 17.8 Å². The minimum Gasteiger partial charge on any atom is -0.338 e. The lowest BCUT2D eigenvalue weighted by molar-refractivity contribution is -0.647. The van der Waals surface area contributed by atoms with E-state index >= 15 is 0 Å². The monoisotopic (exact) mass is 627 g/mol. The summed E-state index contributed by atoms with van der Waals surface area (Å²) in [5.74, 6) is -0.639. The number of hydrogen-bond acceptors (Lipinski definition) is 8. The molecule has 3 heterocycles. The molecular weight excluding hydrogens is 593 g/mol. The normalized spacial score (nSPS) is 15.7.